The Hall–Kier alpha value is -0.830. The van der Waals surface area contributed by atoms with Crippen LogP contribution in [0.4, 0.5) is 0 Å². The van der Waals surface area contributed by atoms with Crippen LogP contribution in [0.3, 0.4) is 0 Å². The summed E-state index contributed by atoms with van der Waals surface area (Å²) in [4.78, 5) is 0. The second-order valence-electron chi connectivity index (χ2n) is 5.85. The van der Waals surface area contributed by atoms with Crippen LogP contribution in [0.25, 0.3) is 0 Å². The first-order valence-corrected chi connectivity index (χ1v) is 7.37. The lowest BCUT2D eigenvalue weighted by atomic mass is 9.74. The van der Waals surface area contributed by atoms with E-state index in [1.807, 2.05) is 17.9 Å². The van der Waals surface area contributed by atoms with Gasteiger partial charge in [0.2, 0.25) is 0 Å². The Balaban J connectivity index is 1.97. The maximum absolute atomic E-state index is 4.28. The van der Waals surface area contributed by atoms with Crippen molar-refractivity contribution in [3.05, 3.63) is 18.0 Å². The van der Waals surface area contributed by atoms with Crippen LogP contribution in [0, 0.1) is 11.8 Å². The molecule has 3 atom stereocenters. The maximum atomic E-state index is 4.28. The monoisotopic (exact) mass is 249 g/mol. The van der Waals surface area contributed by atoms with Gasteiger partial charge in [0.05, 0.1) is 6.20 Å². The Morgan fingerprint density at radius 3 is 2.89 bits per heavy atom. The van der Waals surface area contributed by atoms with Crippen LogP contribution >= 0.6 is 0 Å². The second-order valence-corrected chi connectivity index (χ2v) is 5.85. The zero-order valence-corrected chi connectivity index (χ0v) is 12.0. The van der Waals surface area contributed by atoms with Gasteiger partial charge in [-0.1, -0.05) is 19.8 Å². The van der Waals surface area contributed by atoms with Gasteiger partial charge in [-0.05, 0) is 50.1 Å². The lowest BCUT2D eigenvalue weighted by Gasteiger charge is -2.36. The molecule has 1 aromatic heterocycles. The van der Waals surface area contributed by atoms with E-state index in [0.717, 1.165) is 11.8 Å². The van der Waals surface area contributed by atoms with Crippen molar-refractivity contribution in [2.24, 2.45) is 18.9 Å². The molecule has 0 spiro atoms. The third-order valence-corrected chi connectivity index (χ3v) is 4.41. The highest BCUT2D eigenvalue weighted by Crippen LogP contribution is 2.34. The molecule has 3 unspecified atom stereocenters. The molecular formula is C15H27N3. The SMILES string of the molecule is CCCC1CCC(NC)C(Cc2cnn(C)c2)C1. The van der Waals surface area contributed by atoms with Crippen molar-refractivity contribution in [2.45, 2.75) is 51.5 Å². The predicted octanol–water partition coefficient (Wildman–Crippen LogP) is 2.77. The fraction of sp³-hybridized carbons (Fsp3) is 0.800. The molecule has 1 N–H and O–H groups in total. The number of nitrogens with zero attached hydrogens (tertiary/aromatic N) is 2. The average Bonchev–Trinajstić information content (AvgIpc) is 2.76. The number of aromatic nitrogens is 2. The van der Waals surface area contributed by atoms with Gasteiger partial charge in [-0.2, -0.15) is 5.10 Å². The van der Waals surface area contributed by atoms with Gasteiger partial charge < -0.3 is 5.32 Å². The average molecular weight is 249 g/mol. The topological polar surface area (TPSA) is 29.9 Å². The van der Waals surface area contributed by atoms with E-state index in [1.54, 1.807) is 0 Å². The van der Waals surface area contributed by atoms with Gasteiger partial charge >= 0.3 is 0 Å². The zero-order valence-electron chi connectivity index (χ0n) is 12.0. The molecule has 1 fully saturated rings. The summed E-state index contributed by atoms with van der Waals surface area (Å²) in [5, 5.41) is 7.80. The molecular weight excluding hydrogens is 222 g/mol. The van der Waals surface area contributed by atoms with Gasteiger partial charge in [0.15, 0.2) is 0 Å². The summed E-state index contributed by atoms with van der Waals surface area (Å²) in [5.74, 6) is 1.73. The third-order valence-electron chi connectivity index (χ3n) is 4.41. The minimum atomic E-state index is 0.693. The summed E-state index contributed by atoms with van der Waals surface area (Å²) in [7, 11) is 4.11. The Labute approximate surface area is 111 Å². The number of hydrogen-bond donors (Lipinski definition) is 1. The van der Waals surface area contributed by atoms with Gasteiger partial charge in [-0.15, -0.1) is 0 Å². The Bertz CT molecular complexity index is 358. The molecule has 0 saturated heterocycles. The van der Waals surface area contributed by atoms with Crippen LogP contribution in [0.1, 0.15) is 44.6 Å². The van der Waals surface area contributed by atoms with Crippen LogP contribution in [0.2, 0.25) is 0 Å². The first-order valence-electron chi connectivity index (χ1n) is 7.37. The fourth-order valence-electron chi connectivity index (χ4n) is 3.52. The molecule has 0 bridgehead atoms. The van der Waals surface area contributed by atoms with Gasteiger partial charge in [0.1, 0.15) is 0 Å². The molecule has 3 nitrogen and oxygen atoms in total. The highest BCUT2D eigenvalue weighted by atomic mass is 15.2. The largest absolute Gasteiger partial charge is 0.317 e. The van der Waals surface area contributed by atoms with E-state index >= 15 is 0 Å². The molecule has 1 saturated carbocycles. The minimum Gasteiger partial charge on any atom is -0.317 e. The summed E-state index contributed by atoms with van der Waals surface area (Å²) in [6, 6.07) is 0.693. The summed E-state index contributed by atoms with van der Waals surface area (Å²) in [6.45, 7) is 2.31. The van der Waals surface area contributed by atoms with E-state index < -0.39 is 0 Å². The highest BCUT2D eigenvalue weighted by molar-refractivity contribution is 5.06. The van der Waals surface area contributed by atoms with Crippen LogP contribution in [0.5, 0.6) is 0 Å². The minimum absolute atomic E-state index is 0.693. The van der Waals surface area contributed by atoms with Crippen molar-refractivity contribution in [2.75, 3.05) is 7.05 Å². The van der Waals surface area contributed by atoms with Gasteiger partial charge in [0, 0.05) is 19.3 Å². The van der Waals surface area contributed by atoms with Gasteiger partial charge in [-0.3, -0.25) is 4.68 Å². The number of hydrogen-bond acceptors (Lipinski definition) is 2. The van der Waals surface area contributed by atoms with Crippen LogP contribution in [-0.4, -0.2) is 22.9 Å². The number of aryl methyl sites for hydroxylation is 1. The maximum Gasteiger partial charge on any atom is 0.0521 e. The Morgan fingerprint density at radius 2 is 2.28 bits per heavy atom. The molecule has 0 aromatic carbocycles. The molecule has 1 aliphatic rings. The quantitative estimate of drug-likeness (QED) is 0.869. The molecule has 1 aliphatic carbocycles. The lowest BCUT2D eigenvalue weighted by molar-refractivity contribution is 0.200. The smallest absolute Gasteiger partial charge is 0.0521 e. The molecule has 0 radical (unpaired) electrons. The normalized spacial score (nSPS) is 28.5. The summed E-state index contributed by atoms with van der Waals surface area (Å²) in [5.41, 5.74) is 1.39. The van der Waals surface area contributed by atoms with Crippen LogP contribution in [-0.2, 0) is 13.5 Å². The third kappa shape index (κ3) is 3.35. The molecule has 1 aromatic rings. The van der Waals surface area contributed by atoms with Crippen LogP contribution in [0.15, 0.2) is 12.4 Å². The second kappa shape index (κ2) is 6.37. The molecule has 0 aliphatic heterocycles. The van der Waals surface area contributed by atoms with Crippen molar-refractivity contribution in [3.8, 4) is 0 Å². The van der Waals surface area contributed by atoms with Gasteiger partial charge in [0.25, 0.3) is 0 Å². The first kappa shape index (κ1) is 13.6. The van der Waals surface area contributed by atoms with Crippen molar-refractivity contribution < 1.29 is 0 Å². The fourth-order valence-corrected chi connectivity index (χ4v) is 3.52. The van der Waals surface area contributed by atoms with E-state index in [9.17, 15) is 0 Å². The van der Waals surface area contributed by atoms with E-state index in [4.69, 9.17) is 0 Å². The molecule has 0 amide bonds. The molecule has 1 heterocycles. The summed E-state index contributed by atoms with van der Waals surface area (Å²) in [6.07, 6.45) is 12.2. The Kier molecular flexibility index (Phi) is 4.81. The van der Waals surface area contributed by atoms with E-state index in [2.05, 4.69) is 30.6 Å². The lowest BCUT2D eigenvalue weighted by Crippen LogP contribution is -2.39. The van der Waals surface area contributed by atoms with Crippen molar-refractivity contribution >= 4 is 0 Å². The van der Waals surface area contributed by atoms with E-state index in [-0.39, 0.29) is 0 Å². The summed E-state index contributed by atoms with van der Waals surface area (Å²) < 4.78 is 1.91. The predicted molar refractivity (Wildman–Crippen MR) is 75.5 cm³/mol. The summed E-state index contributed by atoms with van der Waals surface area (Å²) >= 11 is 0. The molecule has 2 rings (SSSR count). The molecule has 3 heteroatoms. The van der Waals surface area contributed by atoms with Crippen LogP contribution < -0.4 is 5.32 Å². The first-order chi connectivity index (χ1) is 8.72. The number of nitrogens with one attached hydrogen (secondary N) is 1. The van der Waals surface area contributed by atoms with Crippen molar-refractivity contribution in [1.82, 2.24) is 15.1 Å². The molecule has 18 heavy (non-hydrogen) atoms. The van der Waals surface area contributed by atoms with Gasteiger partial charge in [-0.25, -0.2) is 0 Å². The standard InChI is InChI=1S/C15H27N3/c1-4-5-12-6-7-15(16-2)14(8-12)9-13-10-17-18(3)11-13/h10-12,14-16H,4-9H2,1-3H3. The Morgan fingerprint density at radius 1 is 1.44 bits per heavy atom. The van der Waals surface area contributed by atoms with Crippen molar-refractivity contribution in [3.63, 3.8) is 0 Å². The van der Waals surface area contributed by atoms with E-state index in [0.29, 0.717) is 6.04 Å². The highest BCUT2D eigenvalue weighted by Gasteiger charge is 2.29. The zero-order chi connectivity index (χ0) is 13.0. The number of rotatable bonds is 5. The van der Waals surface area contributed by atoms with Crippen molar-refractivity contribution in [1.29, 1.82) is 0 Å². The molecule has 102 valence electrons. The van der Waals surface area contributed by atoms with E-state index in [1.165, 1.54) is 44.1 Å².